The van der Waals surface area contributed by atoms with Crippen molar-refractivity contribution in [3.63, 3.8) is 0 Å². The first kappa shape index (κ1) is 19.8. The van der Waals surface area contributed by atoms with Gasteiger partial charge >= 0.3 is 11.8 Å². The van der Waals surface area contributed by atoms with E-state index in [0.29, 0.717) is 10.0 Å². The van der Waals surface area contributed by atoms with Crippen LogP contribution in [0.15, 0.2) is 42.0 Å². The largest absolute Gasteiger partial charge is 0.344 e. The molecular formula is C18H18Cl2N4O2. The topological polar surface area (TPSA) is 75.5 Å². The van der Waals surface area contributed by atoms with Crippen LogP contribution in [-0.2, 0) is 9.59 Å². The lowest BCUT2D eigenvalue weighted by Crippen LogP contribution is -2.37. The minimum Gasteiger partial charge on any atom is -0.344 e. The highest BCUT2D eigenvalue weighted by Gasteiger charge is 2.12. The van der Waals surface area contributed by atoms with E-state index >= 15 is 0 Å². The van der Waals surface area contributed by atoms with E-state index in [-0.39, 0.29) is 6.54 Å². The molecule has 0 aliphatic carbocycles. The second-order valence-corrected chi connectivity index (χ2v) is 6.36. The zero-order valence-corrected chi connectivity index (χ0v) is 15.9. The van der Waals surface area contributed by atoms with Crippen molar-refractivity contribution in [3.8, 4) is 5.69 Å². The second-order valence-electron chi connectivity index (χ2n) is 5.49. The van der Waals surface area contributed by atoms with Crippen LogP contribution in [0.1, 0.15) is 17.0 Å². The molecule has 136 valence electrons. The van der Waals surface area contributed by atoms with Crippen LogP contribution in [0.2, 0.25) is 10.0 Å². The van der Waals surface area contributed by atoms with Crippen LogP contribution in [0, 0.1) is 13.8 Å². The van der Waals surface area contributed by atoms with Crippen LogP contribution in [0.25, 0.3) is 5.69 Å². The predicted molar refractivity (Wildman–Crippen MR) is 104 cm³/mol. The Balaban J connectivity index is 2.18. The average Bonchev–Trinajstić information content (AvgIpc) is 2.85. The molecule has 6 nitrogen and oxygen atoms in total. The van der Waals surface area contributed by atoms with Gasteiger partial charge in [0, 0.05) is 39.2 Å². The zero-order chi connectivity index (χ0) is 19.3. The van der Waals surface area contributed by atoms with Gasteiger partial charge in [-0.15, -0.1) is 6.58 Å². The summed E-state index contributed by atoms with van der Waals surface area (Å²) in [4.78, 5) is 23.0. The molecule has 1 aromatic heterocycles. The third-order valence-electron chi connectivity index (χ3n) is 3.56. The SMILES string of the molecule is C=CCNC(=O)C(=O)N/N=C\c1cc(C)n(-c2cc(Cl)cc(Cl)c2)c1C. The molecule has 0 saturated heterocycles. The van der Waals surface area contributed by atoms with Crippen LogP contribution in [-0.4, -0.2) is 29.1 Å². The van der Waals surface area contributed by atoms with Crippen molar-refractivity contribution in [2.45, 2.75) is 13.8 Å². The number of nitrogens with one attached hydrogen (secondary N) is 2. The molecule has 0 aliphatic heterocycles. The Morgan fingerprint density at radius 1 is 1.15 bits per heavy atom. The van der Waals surface area contributed by atoms with Gasteiger partial charge in [0.05, 0.1) is 6.21 Å². The van der Waals surface area contributed by atoms with E-state index in [1.54, 1.807) is 18.2 Å². The minimum absolute atomic E-state index is 0.208. The number of nitrogens with zero attached hydrogens (tertiary/aromatic N) is 2. The zero-order valence-electron chi connectivity index (χ0n) is 14.3. The standard InChI is InChI=1S/C18H18Cl2N4O2/c1-4-5-21-17(25)18(26)23-22-10-13-6-11(2)24(12(13)3)16-8-14(19)7-15(20)9-16/h4,6-10H,1,5H2,2-3H3,(H,21,25)(H,23,26)/b22-10-. The van der Waals surface area contributed by atoms with E-state index in [9.17, 15) is 9.59 Å². The van der Waals surface area contributed by atoms with E-state index in [2.05, 4.69) is 22.4 Å². The highest BCUT2D eigenvalue weighted by Crippen LogP contribution is 2.25. The third kappa shape index (κ3) is 4.74. The number of carbonyl (C=O) groups excluding carboxylic acids is 2. The van der Waals surface area contributed by atoms with E-state index in [1.807, 2.05) is 24.5 Å². The van der Waals surface area contributed by atoms with Gasteiger partial charge in [0.25, 0.3) is 0 Å². The quantitative estimate of drug-likeness (QED) is 0.355. The molecule has 1 heterocycles. The van der Waals surface area contributed by atoms with E-state index in [0.717, 1.165) is 22.6 Å². The summed E-state index contributed by atoms with van der Waals surface area (Å²) in [6, 6.07) is 7.17. The number of benzene rings is 1. The number of hydrogen-bond acceptors (Lipinski definition) is 3. The fourth-order valence-corrected chi connectivity index (χ4v) is 2.95. The molecule has 0 atom stereocenters. The van der Waals surface area contributed by atoms with Gasteiger partial charge in [0.2, 0.25) is 0 Å². The van der Waals surface area contributed by atoms with Crippen molar-refractivity contribution >= 4 is 41.2 Å². The summed E-state index contributed by atoms with van der Waals surface area (Å²) in [6.07, 6.45) is 2.95. The Morgan fingerprint density at radius 3 is 2.42 bits per heavy atom. The molecule has 0 spiro atoms. The first-order valence-electron chi connectivity index (χ1n) is 7.71. The first-order valence-corrected chi connectivity index (χ1v) is 8.46. The Kier molecular flexibility index (Phi) is 6.60. The van der Waals surface area contributed by atoms with Crippen molar-refractivity contribution in [2.24, 2.45) is 5.10 Å². The fourth-order valence-electron chi connectivity index (χ4n) is 2.44. The van der Waals surface area contributed by atoms with Gasteiger partial charge in [-0.1, -0.05) is 29.3 Å². The van der Waals surface area contributed by atoms with Crippen molar-refractivity contribution in [3.05, 3.63) is 63.9 Å². The average molecular weight is 393 g/mol. The van der Waals surface area contributed by atoms with Crippen LogP contribution < -0.4 is 10.7 Å². The van der Waals surface area contributed by atoms with Gasteiger partial charge in [-0.3, -0.25) is 9.59 Å². The molecular weight excluding hydrogens is 375 g/mol. The van der Waals surface area contributed by atoms with Gasteiger partial charge in [0.15, 0.2) is 0 Å². The number of rotatable bonds is 5. The van der Waals surface area contributed by atoms with Crippen LogP contribution in [0.4, 0.5) is 0 Å². The molecule has 0 bridgehead atoms. The van der Waals surface area contributed by atoms with E-state index < -0.39 is 11.8 Å². The smallest absolute Gasteiger partial charge is 0.329 e. The maximum atomic E-state index is 11.6. The fraction of sp³-hybridized carbons (Fsp3) is 0.167. The van der Waals surface area contributed by atoms with Gasteiger partial charge in [-0.05, 0) is 38.1 Å². The minimum atomic E-state index is -0.849. The van der Waals surface area contributed by atoms with Gasteiger partial charge in [-0.25, -0.2) is 5.43 Å². The predicted octanol–water partition coefficient (Wildman–Crippen LogP) is 3.15. The van der Waals surface area contributed by atoms with Crippen LogP contribution >= 0.6 is 23.2 Å². The molecule has 26 heavy (non-hydrogen) atoms. The Bertz CT molecular complexity index is 867. The number of aromatic nitrogens is 1. The lowest BCUT2D eigenvalue weighted by Gasteiger charge is -2.10. The summed E-state index contributed by atoms with van der Waals surface area (Å²) < 4.78 is 1.97. The molecule has 0 radical (unpaired) electrons. The van der Waals surface area contributed by atoms with Crippen molar-refractivity contribution in [1.82, 2.24) is 15.3 Å². The van der Waals surface area contributed by atoms with Crippen molar-refractivity contribution in [1.29, 1.82) is 0 Å². The summed E-state index contributed by atoms with van der Waals surface area (Å²) in [6.45, 7) is 7.50. The lowest BCUT2D eigenvalue weighted by molar-refractivity contribution is -0.139. The van der Waals surface area contributed by atoms with Gasteiger partial charge < -0.3 is 9.88 Å². The van der Waals surface area contributed by atoms with Crippen LogP contribution in [0.3, 0.4) is 0 Å². The van der Waals surface area contributed by atoms with E-state index in [1.165, 1.54) is 12.3 Å². The number of aryl methyl sites for hydroxylation is 1. The maximum absolute atomic E-state index is 11.6. The van der Waals surface area contributed by atoms with Crippen molar-refractivity contribution < 1.29 is 9.59 Å². The summed E-state index contributed by atoms with van der Waals surface area (Å²) >= 11 is 12.2. The molecule has 2 aromatic rings. The Labute approximate surface area is 161 Å². The summed E-state index contributed by atoms with van der Waals surface area (Å²) in [5.41, 5.74) is 5.62. The highest BCUT2D eigenvalue weighted by atomic mass is 35.5. The Morgan fingerprint density at radius 2 is 1.81 bits per heavy atom. The Hall–Kier alpha value is -2.57. The molecule has 2 N–H and O–H groups in total. The third-order valence-corrected chi connectivity index (χ3v) is 4.00. The lowest BCUT2D eigenvalue weighted by atomic mass is 10.2. The number of amides is 2. The summed E-state index contributed by atoms with van der Waals surface area (Å²) in [7, 11) is 0. The molecule has 0 aliphatic rings. The molecule has 1 aromatic carbocycles. The molecule has 2 rings (SSSR count). The highest BCUT2D eigenvalue weighted by molar-refractivity contribution is 6.35. The van der Waals surface area contributed by atoms with Crippen LogP contribution in [0.5, 0.6) is 0 Å². The molecule has 0 unspecified atom stereocenters. The number of carbonyl (C=O) groups is 2. The molecule has 0 fully saturated rings. The monoisotopic (exact) mass is 392 g/mol. The van der Waals surface area contributed by atoms with Crippen molar-refractivity contribution in [2.75, 3.05) is 6.54 Å². The number of hydrazone groups is 1. The molecule has 2 amide bonds. The summed E-state index contributed by atoms with van der Waals surface area (Å²) in [5, 5.41) is 7.27. The maximum Gasteiger partial charge on any atom is 0.329 e. The van der Waals surface area contributed by atoms with E-state index in [4.69, 9.17) is 23.2 Å². The number of hydrogen-bond donors (Lipinski definition) is 2. The normalized spacial score (nSPS) is 10.8. The van der Waals surface area contributed by atoms with Gasteiger partial charge in [-0.2, -0.15) is 5.10 Å². The number of halogens is 2. The van der Waals surface area contributed by atoms with Gasteiger partial charge in [0.1, 0.15) is 0 Å². The first-order chi connectivity index (χ1) is 12.3. The molecule has 0 saturated carbocycles. The second kappa shape index (κ2) is 8.69. The molecule has 8 heteroatoms. The summed E-state index contributed by atoms with van der Waals surface area (Å²) in [5.74, 6) is -1.63.